The van der Waals surface area contributed by atoms with Gasteiger partial charge in [-0.1, -0.05) is 107 Å². The van der Waals surface area contributed by atoms with Gasteiger partial charge in [-0.25, -0.2) is 0 Å². The number of quaternary nitrogens is 2. The zero-order valence-electron chi connectivity index (χ0n) is 26.2. The first kappa shape index (κ1) is 40.1. The second-order valence-corrected chi connectivity index (χ2v) is 11.3. The molecule has 0 N–H and O–H groups in total. The van der Waals surface area contributed by atoms with Crippen LogP contribution in [-0.2, 0) is 20.4 Å². The SMILES string of the molecule is CCCC[N+](CCCC)(CCCC)CCCC.CCCC[N+](CCCC)(CCCC)CCCC.[Pd+2]. The maximum atomic E-state index is 2.33. The molecule has 0 fully saturated rings. The van der Waals surface area contributed by atoms with E-state index in [1.54, 1.807) is 0 Å². The van der Waals surface area contributed by atoms with E-state index >= 15 is 0 Å². The van der Waals surface area contributed by atoms with Gasteiger partial charge in [-0.15, -0.1) is 0 Å². The smallest absolute Gasteiger partial charge is 0.324 e. The van der Waals surface area contributed by atoms with Crippen molar-refractivity contribution in [3.05, 3.63) is 0 Å². The molecule has 0 aromatic carbocycles. The van der Waals surface area contributed by atoms with Gasteiger partial charge in [0.05, 0.1) is 52.4 Å². The van der Waals surface area contributed by atoms with E-state index in [1.165, 1.54) is 164 Å². The average Bonchev–Trinajstić information content (AvgIpc) is 2.87. The van der Waals surface area contributed by atoms with E-state index in [-0.39, 0.29) is 20.4 Å². The molecule has 2 nitrogen and oxygen atoms in total. The van der Waals surface area contributed by atoms with E-state index in [2.05, 4.69) is 55.4 Å². The van der Waals surface area contributed by atoms with Crippen LogP contribution in [0.15, 0.2) is 0 Å². The van der Waals surface area contributed by atoms with Crippen LogP contribution in [0.4, 0.5) is 0 Å². The first-order valence-electron chi connectivity index (χ1n) is 16.2. The van der Waals surface area contributed by atoms with Crippen LogP contribution >= 0.6 is 0 Å². The zero-order valence-corrected chi connectivity index (χ0v) is 27.7. The maximum absolute atomic E-state index is 2.33. The molecule has 0 rings (SSSR count). The fourth-order valence-corrected chi connectivity index (χ4v) is 5.29. The molecule has 0 atom stereocenters. The van der Waals surface area contributed by atoms with E-state index in [9.17, 15) is 0 Å². The summed E-state index contributed by atoms with van der Waals surface area (Å²) in [6, 6.07) is 0. The van der Waals surface area contributed by atoms with Crippen LogP contribution in [0.1, 0.15) is 158 Å². The normalized spacial score (nSPS) is 11.7. The summed E-state index contributed by atoms with van der Waals surface area (Å²) in [4.78, 5) is 0. The Morgan fingerprint density at radius 2 is 0.371 bits per heavy atom. The molecule has 0 radical (unpaired) electrons. The second-order valence-electron chi connectivity index (χ2n) is 11.3. The van der Waals surface area contributed by atoms with Crippen molar-refractivity contribution in [2.75, 3.05) is 52.4 Å². The van der Waals surface area contributed by atoms with Crippen LogP contribution in [-0.4, -0.2) is 61.3 Å². The van der Waals surface area contributed by atoms with Gasteiger partial charge >= 0.3 is 20.4 Å². The molecule has 0 saturated carbocycles. The average molecular weight is 591 g/mol. The zero-order chi connectivity index (χ0) is 26.0. The number of hydrogen-bond acceptors (Lipinski definition) is 0. The van der Waals surface area contributed by atoms with E-state index < -0.39 is 0 Å². The fourth-order valence-electron chi connectivity index (χ4n) is 5.29. The predicted molar refractivity (Wildman–Crippen MR) is 159 cm³/mol. The van der Waals surface area contributed by atoms with Crippen molar-refractivity contribution in [3.63, 3.8) is 0 Å². The Hall–Kier alpha value is 0.582. The molecule has 216 valence electrons. The molecule has 0 spiro atoms. The standard InChI is InChI=1S/2C16H36N.Pd/c2*1-5-9-13-17(14-10-6-2,15-11-7-3)16-12-8-4;/h2*5-16H2,1-4H3;/q2*+1;+2. The van der Waals surface area contributed by atoms with Gasteiger partial charge in [-0.05, 0) is 51.4 Å². The van der Waals surface area contributed by atoms with Gasteiger partial charge < -0.3 is 8.97 Å². The first-order valence-corrected chi connectivity index (χ1v) is 16.2. The molecular weight excluding hydrogens is 519 g/mol. The Balaban J connectivity index is -0.000000569. The van der Waals surface area contributed by atoms with Crippen molar-refractivity contribution >= 4 is 0 Å². The molecule has 0 unspecified atom stereocenters. The van der Waals surface area contributed by atoms with Crippen molar-refractivity contribution in [2.45, 2.75) is 158 Å². The van der Waals surface area contributed by atoms with Gasteiger partial charge in [0.15, 0.2) is 0 Å². The molecule has 0 aliphatic heterocycles. The van der Waals surface area contributed by atoms with Crippen LogP contribution in [0.3, 0.4) is 0 Å². The topological polar surface area (TPSA) is 0 Å². The van der Waals surface area contributed by atoms with Gasteiger partial charge in [-0.2, -0.15) is 0 Å². The third kappa shape index (κ3) is 22.3. The quantitative estimate of drug-likeness (QED) is 0.0775. The Labute approximate surface area is 239 Å². The molecule has 0 amide bonds. The summed E-state index contributed by atoms with van der Waals surface area (Å²) in [5.74, 6) is 0. The summed E-state index contributed by atoms with van der Waals surface area (Å²) in [5.41, 5.74) is 0. The first-order chi connectivity index (χ1) is 16.5. The fraction of sp³-hybridized carbons (Fsp3) is 1.00. The van der Waals surface area contributed by atoms with Gasteiger partial charge in [0, 0.05) is 0 Å². The summed E-state index contributed by atoms with van der Waals surface area (Å²) >= 11 is 0. The summed E-state index contributed by atoms with van der Waals surface area (Å²) in [5, 5.41) is 0. The summed E-state index contributed by atoms with van der Waals surface area (Å²) < 4.78 is 2.84. The Kier molecular flexibility index (Phi) is 33.4. The van der Waals surface area contributed by atoms with E-state index in [1.807, 2.05) is 0 Å². The molecule has 0 aromatic heterocycles. The van der Waals surface area contributed by atoms with Crippen molar-refractivity contribution in [3.8, 4) is 0 Å². The number of rotatable bonds is 24. The van der Waals surface area contributed by atoms with E-state index in [4.69, 9.17) is 0 Å². The minimum absolute atomic E-state index is 0. The Bertz CT molecular complexity index is 275. The number of hydrogen-bond donors (Lipinski definition) is 0. The molecule has 0 aromatic rings. The van der Waals surface area contributed by atoms with Crippen LogP contribution in [0.2, 0.25) is 0 Å². The molecule has 0 aliphatic carbocycles. The molecule has 0 bridgehead atoms. The molecule has 0 saturated heterocycles. The minimum atomic E-state index is 0. The third-order valence-electron chi connectivity index (χ3n) is 7.89. The van der Waals surface area contributed by atoms with Crippen molar-refractivity contribution < 1.29 is 29.4 Å². The second kappa shape index (κ2) is 29.1. The molecular formula is C32H72N2Pd+4. The largest absolute Gasteiger partial charge is 2.00 e. The minimum Gasteiger partial charge on any atom is -0.324 e. The predicted octanol–water partition coefficient (Wildman–Crippen LogP) is 10.0. The van der Waals surface area contributed by atoms with Crippen LogP contribution in [0, 0.1) is 0 Å². The third-order valence-corrected chi connectivity index (χ3v) is 7.89. The van der Waals surface area contributed by atoms with Crippen LogP contribution < -0.4 is 0 Å². The number of nitrogens with zero attached hydrogens (tertiary/aromatic N) is 2. The monoisotopic (exact) mass is 590 g/mol. The van der Waals surface area contributed by atoms with Crippen molar-refractivity contribution in [1.82, 2.24) is 0 Å². The van der Waals surface area contributed by atoms with Crippen molar-refractivity contribution in [2.24, 2.45) is 0 Å². The molecule has 0 aliphatic rings. The van der Waals surface area contributed by atoms with E-state index in [0.717, 1.165) is 0 Å². The molecule has 3 heteroatoms. The summed E-state index contributed by atoms with van der Waals surface area (Å²) in [6.07, 6.45) is 22.1. The summed E-state index contributed by atoms with van der Waals surface area (Å²) in [6.45, 7) is 30.0. The number of unbranched alkanes of at least 4 members (excludes halogenated alkanes) is 8. The van der Waals surface area contributed by atoms with Gasteiger partial charge in [0.2, 0.25) is 0 Å². The Morgan fingerprint density at radius 1 is 0.257 bits per heavy atom. The van der Waals surface area contributed by atoms with Gasteiger partial charge in [0.25, 0.3) is 0 Å². The molecule has 35 heavy (non-hydrogen) atoms. The van der Waals surface area contributed by atoms with Gasteiger partial charge in [0.1, 0.15) is 0 Å². The van der Waals surface area contributed by atoms with Crippen molar-refractivity contribution in [1.29, 1.82) is 0 Å². The maximum Gasteiger partial charge on any atom is 2.00 e. The molecule has 0 heterocycles. The van der Waals surface area contributed by atoms with Crippen LogP contribution in [0.25, 0.3) is 0 Å². The van der Waals surface area contributed by atoms with E-state index in [0.29, 0.717) is 0 Å². The summed E-state index contributed by atoms with van der Waals surface area (Å²) in [7, 11) is 0. The van der Waals surface area contributed by atoms with Gasteiger partial charge in [-0.3, -0.25) is 0 Å². The van der Waals surface area contributed by atoms with Crippen LogP contribution in [0.5, 0.6) is 0 Å². The Morgan fingerprint density at radius 3 is 0.457 bits per heavy atom.